The van der Waals surface area contributed by atoms with Crippen molar-refractivity contribution >= 4 is 5.91 Å². The standard InChI is InChI=1S/C20H26N4O/c25-20(23-14-10-18(11-15-23)22-17-8-4-9-17)19(24-13-5-12-21-24)16-6-2-1-3-7-16/h1-3,5-7,12-13,17-19,22H,4,8-11,14-15H2. The molecular weight excluding hydrogens is 312 g/mol. The molecule has 0 spiro atoms. The van der Waals surface area contributed by atoms with E-state index in [9.17, 15) is 4.79 Å². The number of benzene rings is 1. The van der Waals surface area contributed by atoms with Crippen LogP contribution in [-0.4, -0.2) is 45.8 Å². The Balaban J connectivity index is 1.44. The molecule has 2 fully saturated rings. The molecule has 5 nitrogen and oxygen atoms in total. The van der Waals surface area contributed by atoms with Crippen LogP contribution >= 0.6 is 0 Å². The van der Waals surface area contributed by atoms with E-state index in [1.54, 1.807) is 10.9 Å². The molecule has 1 N–H and O–H groups in total. The van der Waals surface area contributed by atoms with Crippen LogP contribution < -0.4 is 5.32 Å². The van der Waals surface area contributed by atoms with E-state index in [0.717, 1.165) is 31.5 Å². The maximum absolute atomic E-state index is 13.2. The summed E-state index contributed by atoms with van der Waals surface area (Å²) in [5.74, 6) is 0.150. The van der Waals surface area contributed by atoms with Gasteiger partial charge in [-0.05, 0) is 37.3 Å². The number of rotatable bonds is 5. The van der Waals surface area contributed by atoms with Gasteiger partial charge in [0.15, 0.2) is 6.04 Å². The number of nitrogens with zero attached hydrogens (tertiary/aromatic N) is 3. The highest BCUT2D eigenvalue weighted by atomic mass is 16.2. The minimum absolute atomic E-state index is 0.150. The molecule has 4 rings (SSSR count). The van der Waals surface area contributed by atoms with Gasteiger partial charge in [-0.15, -0.1) is 0 Å². The van der Waals surface area contributed by atoms with Crippen molar-refractivity contribution in [3.8, 4) is 0 Å². The number of nitrogens with one attached hydrogen (secondary N) is 1. The van der Waals surface area contributed by atoms with Crippen LogP contribution in [0.15, 0.2) is 48.8 Å². The first-order valence-electron chi connectivity index (χ1n) is 9.40. The predicted molar refractivity (Wildman–Crippen MR) is 97.2 cm³/mol. The largest absolute Gasteiger partial charge is 0.340 e. The minimum atomic E-state index is -0.368. The average Bonchev–Trinajstić information content (AvgIpc) is 3.14. The van der Waals surface area contributed by atoms with Gasteiger partial charge in [-0.25, -0.2) is 0 Å². The fourth-order valence-corrected chi connectivity index (χ4v) is 3.82. The molecule has 1 aromatic heterocycles. The Morgan fingerprint density at radius 3 is 2.36 bits per heavy atom. The second-order valence-electron chi connectivity index (χ2n) is 7.19. The normalized spacial score (nSPS) is 20.2. The van der Waals surface area contributed by atoms with Gasteiger partial charge in [0.05, 0.1) is 0 Å². The maximum atomic E-state index is 13.2. The zero-order valence-corrected chi connectivity index (χ0v) is 14.6. The van der Waals surface area contributed by atoms with E-state index in [4.69, 9.17) is 0 Å². The fourth-order valence-electron chi connectivity index (χ4n) is 3.82. The van der Waals surface area contributed by atoms with Gasteiger partial charge in [-0.1, -0.05) is 36.8 Å². The van der Waals surface area contributed by atoms with E-state index in [1.165, 1.54) is 19.3 Å². The quantitative estimate of drug-likeness (QED) is 0.912. The summed E-state index contributed by atoms with van der Waals surface area (Å²) in [7, 11) is 0. The van der Waals surface area contributed by atoms with Crippen molar-refractivity contribution in [1.29, 1.82) is 0 Å². The number of carbonyl (C=O) groups excluding carboxylic acids is 1. The monoisotopic (exact) mass is 338 g/mol. The van der Waals surface area contributed by atoms with Gasteiger partial charge in [0, 0.05) is 37.6 Å². The third-order valence-corrected chi connectivity index (χ3v) is 5.52. The first-order chi connectivity index (χ1) is 12.3. The molecule has 1 aliphatic heterocycles. The summed E-state index contributed by atoms with van der Waals surface area (Å²) in [6.07, 6.45) is 9.69. The molecular formula is C20H26N4O. The average molecular weight is 338 g/mol. The molecule has 2 aromatic rings. The number of aromatic nitrogens is 2. The van der Waals surface area contributed by atoms with Crippen molar-refractivity contribution in [1.82, 2.24) is 20.0 Å². The van der Waals surface area contributed by atoms with Crippen LogP contribution in [0, 0.1) is 0 Å². The van der Waals surface area contributed by atoms with E-state index in [0.29, 0.717) is 12.1 Å². The van der Waals surface area contributed by atoms with Crippen molar-refractivity contribution in [2.45, 2.75) is 50.2 Å². The summed E-state index contributed by atoms with van der Waals surface area (Å²) in [6.45, 7) is 1.65. The summed E-state index contributed by atoms with van der Waals surface area (Å²) >= 11 is 0. The number of hydrogen-bond donors (Lipinski definition) is 1. The number of carbonyl (C=O) groups is 1. The smallest absolute Gasteiger partial charge is 0.252 e. The molecule has 1 atom stereocenters. The second kappa shape index (κ2) is 7.40. The highest BCUT2D eigenvalue weighted by Crippen LogP contribution is 2.24. The van der Waals surface area contributed by atoms with Gasteiger partial charge < -0.3 is 10.2 Å². The minimum Gasteiger partial charge on any atom is -0.340 e. The van der Waals surface area contributed by atoms with Crippen molar-refractivity contribution in [3.63, 3.8) is 0 Å². The zero-order chi connectivity index (χ0) is 17.1. The van der Waals surface area contributed by atoms with Gasteiger partial charge in [0.2, 0.25) is 0 Å². The van der Waals surface area contributed by atoms with Gasteiger partial charge in [-0.3, -0.25) is 9.48 Å². The summed E-state index contributed by atoms with van der Waals surface area (Å²) < 4.78 is 1.77. The zero-order valence-electron chi connectivity index (χ0n) is 14.6. The number of piperidine rings is 1. The van der Waals surface area contributed by atoms with Crippen molar-refractivity contribution < 1.29 is 4.79 Å². The Hall–Kier alpha value is -2.14. The first-order valence-corrected chi connectivity index (χ1v) is 9.40. The van der Waals surface area contributed by atoms with Gasteiger partial charge in [0.1, 0.15) is 0 Å². The molecule has 5 heteroatoms. The molecule has 1 aliphatic carbocycles. The van der Waals surface area contributed by atoms with Crippen LogP contribution in [-0.2, 0) is 4.79 Å². The van der Waals surface area contributed by atoms with E-state index in [2.05, 4.69) is 10.4 Å². The van der Waals surface area contributed by atoms with Crippen LogP contribution in [0.5, 0.6) is 0 Å². The van der Waals surface area contributed by atoms with E-state index < -0.39 is 0 Å². The molecule has 0 bridgehead atoms. The highest BCUT2D eigenvalue weighted by molar-refractivity contribution is 5.83. The lowest BCUT2D eigenvalue weighted by Crippen LogP contribution is -2.50. The van der Waals surface area contributed by atoms with Crippen LogP contribution in [0.25, 0.3) is 0 Å². The summed E-state index contributed by atoms with van der Waals surface area (Å²) in [5, 5.41) is 8.09. The van der Waals surface area contributed by atoms with E-state index in [1.807, 2.05) is 47.5 Å². The maximum Gasteiger partial charge on any atom is 0.252 e. The van der Waals surface area contributed by atoms with Crippen molar-refractivity contribution in [2.75, 3.05) is 13.1 Å². The van der Waals surface area contributed by atoms with Crippen LogP contribution in [0.1, 0.15) is 43.7 Å². The highest BCUT2D eigenvalue weighted by Gasteiger charge is 2.31. The lowest BCUT2D eigenvalue weighted by atomic mass is 9.91. The third-order valence-electron chi connectivity index (χ3n) is 5.52. The van der Waals surface area contributed by atoms with Crippen LogP contribution in [0.2, 0.25) is 0 Å². The van der Waals surface area contributed by atoms with Crippen molar-refractivity contribution in [2.24, 2.45) is 0 Å². The van der Waals surface area contributed by atoms with Gasteiger partial charge in [0.25, 0.3) is 5.91 Å². The molecule has 1 unspecified atom stereocenters. The lowest BCUT2D eigenvalue weighted by molar-refractivity contribution is -0.135. The molecule has 25 heavy (non-hydrogen) atoms. The lowest BCUT2D eigenvalue weighted by Gasteiger charge is -2.38. The first kappa shape index (κ1) is 16.3. The molecule has 1 amide bonds. The molecule has 1 saturated carbocycles. The topological polar surface area (TPSA) is 50.2 Å². The van der Waals surface area contributed by atoms with Crippen LogP contribution in [0.4, 0.5) is 0 Å². The predicted octanol–water partition coefficient (Wildman–Crippen LogP) is 2.61. The Kier molecular flexibility index (Phi) is 4.83. The Bertz CT molecular complexity index is 673. The van der Waals surface area contributed by atoms with Gasteiger partial charge >= 0.3 is 0 Å². The fraction of sp³-hybridized carbons (Fsp3) is 0.500. The Morgan fingerprint density at radius 2 is 1.76 bits per heavy atom. The molecule has 0 radical (unpaired) electrons. The molecule has 1 saturated heterocycles. The Morgan fingerprint density at radius 1 is 1.04 bits per heavy atom. The number of hydrogen-bond acceptors (Lipinski definition) is 3. The van der Waals surface area contributed by atoms with E-state index in [-0.39, 0.29) is 11.9 Å². The molecule has 2 heterocycles. The summed E-state index contributed by atoms with van der Waals surface area (Å²) in [4.78, 5) is 15.3. The molecule has 1 aromatic carbocycles. The number of amides is 1. The summed E-state index contributed by atoms with van der Waals surface area (Å²) in [5.41, 5.74) is 0.992. The molecule has 2 aliphatic rings. The SMILES string of the molecule is O=C(C(c1ccccc1)n1cccn1)N1CCC(NC2CCC2)CC1. The van der Waals surface area contributed by atoms with Gasteiger partial charge in [-0.2, -0.15) is 5.10 Å². The van der Waals surface area contributed by atoms with Crippen LogP contribution in [0.3, 0.4) is 0 Å². The van der Waals surface area contributed by atoms with E-state index >= 15 is 0 Å². The number of likely N-dealkylation sites (tertiary alicyclic amines) is 1. The molecule has 132 valence electrons. The second-order valence-corrected chi connectivity index (χ2v) is 7.19. The van der Waals surface area contributed by atoms with Crippen molar-refractivity contribution in [3.05, 3.63) is 54.4 Å². The third kappa shape index (κ3) is 3.61. The summed E-state index contributed by atoms with van der Waals surface area (Å²) in [6, 6.07) is 12.7. The Labute approximate surface area is 149 Å².